The number of fused-ring (bicyclic) bond motifs is 4. The molecule has 3 aliphatic heterocycles. The van der Waals surface area contributed by atoms with Crippen LogP contribution in [0.25, 0.3) is 0 Å². The van der Waals surface area contributed by atoms with E-state index in [9.17, 15) is 4.79 Å². The minimum Gasteiger partial charge on any atom is -0.396 e. The van der Waals surface area contributed by atoms with Crippen LogP contribution in [0.1, 0.15) is 36.0 Å². The molecule has 1 aromatic carbocycles. The van der Waals surface area contributed by atoms with Crippen LogP contribution in [0.4, 0.5) is 0 Å². The van der Waals surface area contributed by atoms with Crippen LogP contribution in [0.2, 0.25) is 0 Å². The van der Waals surface area contributed by atoms with Gasteiger partial charge in [-0.2, -0.15) is 0 Å². The molecule has 4 aliphatic rings. The molecule has 5 heteroatoms. The standard InChI is InChI=1S/C20H28N2O2S/c23-9-10-25-19-7-4-17(5-8-19)20(24)22-13-16-3-6-18(14-22)21(12-16)11-15-1-2-15/h4-5,7-8,15-16,18,23H,1-3,6,9-14H2/t16-,18-/m1/s1. The van der Waals surface area contributed by atoms with Crippen LogP contribution in [0.3, 0.4) is 0 Å². The summed E-state index contributed by atoms with van der Waals surface area (Å²) in [7, 11) is 0. The molecule has 1 N–H and O–H groups in total. The predicted molar refractivity (Wildman–Crippen MR) is 101 cm³/mol. The van der Waals surface area contributed by atoms with Crippen LogP contribution in [-0.2, 0) is 0 Å². The van der Waals surface area contributed by atoms with Crippen LogP contribution in [0.5, 0.6) is 0 Å². The number of hydrogen-bond donors (Lipinski definition) is 1. The Kier molecular flexibility index (Phi) is 5.34. The molecular formula is C20H28N2O2S. The first-order chi connectivity index (χ1) is 12.2. The lowest BCUT2D eigenvalue weighted by Crippen LogP contribution is -2.45. The molecule has 0 aromatic heterocycles. The van der Waals surface area contributed by atoms with Gasteiger partial charge in [-0.05, 0) is 61.8 Å². The smallest absolute Gasteiger partial charge is 0.253 e. The van der Waals surface area contributed by atoms with E-state index in [4.69, 9.17) is 5.11 Å². The highest BCUT2D eigenvalue weighted by Gasteiger charge is 2.38. The lowest BCUT2D eigenvalue weighted by Gasteiger charge is -2.36. The van der Waals surface area contributed by atoms with E-state index >= 15 is 0 Å². The molecule has 2 atom stereocenters. The van der Waals surface area contributed by atoms with E-state index in [-0.39, 0.29) is 12.5 Å². The molecule has 0 unspecified atom stereocenters. The third kappa shape index (κ3) is 4.21. The molecule has 25 heavy (non-hydrogen) atoms. The lowest BCUT2D eigenvalue weighted by molar-refractivity contribution is 0.0736. The number of carbonyl (C=O) groups is 1. The van der Waals surface area contributed by atoms with E-state index in [0.29, 0.717) is 17.7 Å². The van der Waals surface area contributed by atoms with E-state index in [2.05, 4.69) is 9.80 Å². The molecule has 1 aromatic rings. The maximum atomic E-state index is 13.0. The van der Waals surface area contributed by atoms with Gasteiger partial charge in [-0.3, -0.25) is 9.69 Å². The number of aliphatic hydroxyl groups is 1. The van der Waals surface area contributed by atoms with Gasteiger partial charge in [0.25, 0.3) is 5.91 Å². The van der Waals surface area contributed by atoms with Crippen molar-refractivity contribution in [1.29, 1.82) is 0 Å². The molecule has 1 aliphatic carbocycles. The van der Waals surface area contributed by atoms with Crippen molar-refractivity contribution >= 4 is 17.7 Å². The van der Waals surface area contributed by atoms with Crippen molar-refractivity contribution in [2.24, 2.45) is 11.8 Å². The number of carbonyl (C=O) groups excluding carboxylic acids is 1. The molecule has 0 spiro atoms. The average molecular weight is 361 g/mol. The van der Waals surface area contributed by atoms with Gasteiger partial charge in [-0.1, -0.05) is 0 Å². The van der Waals surface area contributed by atoms with Gasteiger partial charge in [0.15, 0.2) is 0 Å². The molecule has 1 saturated carbocycles. The lowest BCUT2D eigenvalue weighted by atomic mass is 9.95. The zero-order valence-corrected chi connectivity index (χ0v) is 15.6. The summed E-state index contributed by atoms with van der Waals surface area (Å²) in [6.07, 6.45) is 5.32. The molecule has 2 bridgehead atoms. The molecule has 3 heterocycles. The highest BCUT2D eigenvalue weighted by atomic mass is 32.2. The monoisotopic (exact) mass is 360 g/mol. The van der Waals surface area contributed by atoms with Gasteiger partial charge in [0.05, 0.1) is 6.61 Å². The van der Waals surface area contributed by atoms with Crippen molar-refractivity contribution in [2.75, 3.05) is 38.5 Å². The molecular weight excluding hydrogens is 332 g/mol. The fourth-order valence-electron chi connectivity index (χ4n) is 4.24. The second-order valence-corrected chi connectivity index (χ2v) is 8.97. The summed E-state index contributed by atoms with van der Waals surface area (Å²) >= 11 is 1.62. The number of benzene rings is 1. The fraction of sp³-hybridized carbons (Fsp3) is 0.650. The number of hydrogen-bond acceptors (Lipinski definition) is 4. The minimum atomic E-state index is 0.180. The molecule has 136 valence electrons. The van der Waals surface area contributed by atoms with Gasteiger partial charge in [-0.25, -0.2) is 0 Å². The first kappa shape index (κ1) is 17.4. The summed E-state index contributed by atoms with van der Waals surface area (Å²) in [6.45, 7) is 4.42. The van der Waals surface area contributed by atoms with Crippen LogP contribution >= 0.6 is 11.8 Å². The Labute approximate surface area is 154 Å². The number of aliphatic hydroxyl groups excluding tert-OH is 1. The predicted octanol–water partition coefficient (Wildman–Crippen LogP) is 2.72. The van der Waals surface area contributed by atoms with Crippen LogP contribution in [-0.4, -0.2) is 65.4 Å². The quantitative estimate of drug-likeness (QED) is 0.792. The molecule has 3 saturated heterocycles. The third-order valence-electron chi connectivity index (χ3n) is 5.77. The van der Waals surface area contributed by atoms with Crippen LogP contribution in [0, 0.1) is 11.8 Å². The van der Waals surface area contributed by atoms with Gasteiger partial charge in [0, 0.05) is 48.4 Å². The molecule has 4 fully saturated rings. The maximum absolute atomic E-state index is 13.0. The largest absolute Gasteiger partial charge is 0.396 e. The first-order valence-corrected chi connectivity index (χ1v) is 10.6. The van der Waals surface area contributed by atoms with Gasteiger partial charge < -0.3 is 10.0 Å². The minimum absolute atomic E-state index is 0.180. The maximum Gasteiger partial charge on any atom is 0.253 e. The van der Waals surface area contributed by atoms with Crippen molar-refractivity contribution in [3.8, 4) is 0 Å². The Morgan fingerprint density at radius 3 is 2.60 bits per heavy atom. The number of nitrogens with zero attached hydrogens (tertiary/aromatic N) is 2. The second-order valence-electron chi connectivity index (χ2n) is 7.80. The Morgan fingerprint density at radius 2 is 1.88 bits per heavy atom. The van der Waals surface area contributed by atoms with E-state index in [1.807, 2.05) is 24.3 Å². The summed E-state index contributed by atoms with van der Waals surface area (Å²) in [4.78, 5) is 18.9. The molecule has 4 nitrogen and oxygen atoms in total. The highest BCUT2D eigenvalue weighted by molar-refractivity contribution is 7.99. The summed E-state index contributed by atoms with van der Waals surface area (Å²) < 4.78 is 0. The van der Waals surface area contributed by atoms with E-state index < -0.39 is 0 Å². The number of amides is 1. The van der Waals surface area contributed by atoms with Crippen molar-refractivity contribution < 1.29 is 9.90 Å². The topological polar surface area (TPSA) is 43.8 Å². The Bertz CT molecular complexity index is 602. The van der Waals surface area contributed by atoms with E-state index in [0.717, 1.165) is 29.5 Å². The van der Waals surface area contributed by atoms with E-state index in [1.54, 1.807) is 11.8 Å². The molecule has 1 amide bonds. The first-order valence-electron chi connectivity index (χ1n) is 9.60. The Hall–Kier alpha value is -1.04. The third-order valence-corrected chi connectivity index (χ3v) is 6.76. The average Bonchev–Trinajstić information content (AvgIpc) is 3.47. The van der Waals surface area contributed by atoms with Crippen molar-refractivity contribution in [1.82, 2.24) is 9.80 Å². The molecule has 5 rings (SSSR count). The van der Waals surface area contributed by atoms with E-state index in [1.165, 1.54) is 38.8 Å². The summed E-state index contributed by atoms with van der Waals surface area (Å²) in [5, 5.41) is 8.92. The Morgan fingerprint density at radius 1 is 1.08 bits per heavy atom. The van der Waals surface area contributed by atoms with Crippen molar-refractivity contribution in [3.05, 3.63) is 29.8 Å². The number of rotatable bonds is 6. The van der Waals surface area contributed by atoms with Gasteiger partial charge in [0.2, 0.25) is 0 Å². The normalized spacial score (nSPS) is 26.7. The summed E-state index contributed by atoms with van der Waals surface area (Å²) in [6, 6.07) is 8.44. The van der Waals surface area contributed by atoms with Crippen molar-refractivity contribution in [3.63, 3.8) is 0 Å². The van der Waals surface area contributed by atoms with Crippen molar-refractivity contribution in [2.45, 2.75) is 36.6 Å². The van der Waals surface area contributed by atoms with Gasteiger partial charge in [0.1, 0.15) is 0 Å². The summed E-state index contributed by atoms with van der Waals surface area (Å²) in [5.41, 5.74) is 0.795. The zero-order valence-electron chi connectivity index (χ0n) is 14.8. The van der Waals surface area contributed by atoms with Gasteiger partial charge in [-0.15, -0.1) is 11.8 Å². The Balaban J connectivity index is 1.41. The fourth-order valence-corrected chi connectivity index (χ4v) is 4.90. The highest BCUT2D eigenvalue weighted by Crippen LogP contribution is 2.35. The SMILES string of the molecule is O=C(c1ccc(SCCO)cc1)N1C[C@@H]2CC[C@H](C1)N(CC1CC1)C2. The second kappa shape index (κ2) is 7.68. The summed E-state index contributed by atoms with van der Waals surface area (Å²) in [5.74, 6) is 2.44. The molecule has 0 radical (unpaired) electrons. The number of piperidine rings is 1. The zero-order chi connectivity index (χ0) is 17.2. The van der Waals surface area contributed by atoms with Crippen LogP contribution in [0.15, 0.2) is 29.2 Å². The number of thioether (sulfide) groups is 1. The van der Waals surface area contributed by atoms with Crippen LogP contribution < -0.4 is 0 Å². The van der Waals surface area contributed by atoms with Gasteiger partial charge >= 0.3 is 0 Å².